The lowest BCUT2D eigenvalue weighted by Crippen LogP contribution is -2.46. The van der Waals surface area contributed by atoms with Crippen LogP contribution in [-0.2, 0) is 16.4 Å². The highest BCUT2D eigenvalue weighted by Crippen LogP contribution is 2.33. The number of nitrogens with zero attached hydrogens (tertiary/aromatic N) is 3. The van der Waals surface area contributed by atoms with Crippen LogP contribution in [0.25, 0.3) is 10.2 Å². The van der Waals surface area contributed by atoms with Gasteiger partial charge in [-0.05, 0) is 49.1 Å². The Labute approximate surface area is 163 Å². The molecule has 1 saturated heterocycles. The molecular weight excluding hydrogens is 378 g/mol. The van der Waals surface area contributed by atoms with Crippen molar-refractivity contribution in [1.82, 2.24) is 9.29 Å². The number of hydrogen-bond donors (Lipinski definition) is 0. The second kappa shape index (κ2) is 6.58. The summed E-state index contributed by atoms with van der Waals surface area (Å²) < 4.78 is 28.7. The third kappa shape index (κ3) is 2.94. The first kappa shape index (κ1) is 17.2. The molecule has 1 aromatic heterocycles. The Kier molecular flexibility index (Phi) is 4.18. The lowest BCUT2D eigenvalue weighted by molar-refractivity contribution is 0.312. The Hall–Kier alpha value is -1.96. The average molecular weight is 400 g/mol. The highest BCUT2D eigenvalue weighted by atomic mass is 32.2. The van der Waals surface area contributed by atoms with Gasteiger partial charge in [0.1, 0.15) is 0 Å². The van der Waals surface area contributed by atoms with Gasteiger partial charge in [0, 0.05) is 31.4 Å². The van der Waals surface area contributed by atoms with E-state index in [1.165, 1.54) is 22.6 Å². The van der Waals surface area contributed by atoms with Crippen molar-refractivity contribution in [2.75, 3.05) is 24.5 Å². The van der Waals surface area contributed by atoms with Crippen molar-refractivity contribution < 1.29 is 8.42 Å². The Morgan fingerprint density at radius 3 is 2.70 bits per heavy atom. The van der Waals surface area contributed by atoms with Crippen molar-refractivity contribution in [3.05, 3.63) is 53.5 Å². The van der Waals surface area contributed by atoms with E-state index in [0.29, 0.717) is 24.0 Å². The highest BCUT2D eigenvalue weighted by molar-refractivity contribution is 7.89. The molecule has 0 saturated carbocycles. The molecule has 2 aliphatic heterocycles. The predicted molar refractivity (Wildman–Crippen MR) is 109 cm³/mol. The van der Waals surface area contributed by atoms with Gasteiger partial charge in [0.2, 0.25) is 10.0 Å². The largest absolute Gasteiger partial charge is 0.368 e. The fourth-order valence-corrected chi connectivity index (χ4v) is 6.57. The molecule has 2 aliphatic rings. The van der Waals surface area contributed by atoms with Crippen LogP contribution in [0.1, 0.15) is 18.4 Å². The van der Waals surface area contributed by atoms with Gasteiger partial charge in [0.15, 0.2) is 0 Å². The standard InChI is InChI=1S/C20H21N3O2S2/c24-27(25,17-5-6-18-20(13-17)26-14-21-18)22-10-8-16(9-11-22)23-12-7-15-3-1-2-4-19(15)23/h1-6,13-14,16H,7-12H2. The van der Waals surface area contributed by atoms with E-state index in [2.05, 4.69) is 34.1 Å². The molecule has 0 atom stereocenters. The van der Waals surface area contributed by atoms with E-state index in [0.717, 1.165) is 36.0 Å². The first-order chi connectivity index (χ1) is 13.1. The van der Waals surface area contributed by atoms with Gasteiger partial charge < -0.3 is 4.90 Å². The Balaban J connectivity index is 1.33. The molecule has 27 heavy (non-hydrogen) atoms. The Bertz CT molecular complexity index is 1090. The minimum atomic E-state index is -3.45. The zero-order chi connectivity index (χ0) is 18.4. The summed E-state index contributed by atoms with van der Waals surface area (Å²) in [6.07, 6.45) is 2.83. The number of thiazole rings is 1. The summed E-state index contributed by atoms with van der Waals surface area (Å²) in [5, 5.41) is 0. The van der Waals surface area contributed by atoms with Crippen molar-refractivity contribution >= 4 is 37.3 Å². The maximum atomic E-state index is 13.1. The van der Waals surface area contributed by atoms with E-state index in [1.807, 2.05) is 0 Å². The minimum absolute atomic E-state index is 0.379. The van der Waals surface area contributed by atoms with Gasteiger partial charge in [-0.25, -0.2) is 13.4 Å². The molecule has 0 spiro atoms. The second-order valence-corrected chi connectivity index (χ2v) is 10.0. The third-order valence-electron chi connectivity index (χ3n) is 5.73. The van der Waals surface area contributed by atoms with Crippen molar-refractivity contribution in [2.24, 2.45) is 0 Å². The zero-order valence-electron chi connectivity index (χ0n) is 14.9. The lowest BCUT2D eigenvalue weighted by Gasteiger charge is -2.37. The van der Waals surface area contributed by atoms with Gasteiger partial charge in [0.05, 0.1) is 20.6 Å². The summed E-state index contributed by atoms with van der Waals surface area (Å²) in [6.45, 7) is 2.19. The molecule has 5 nitrogen and oxygen atoms in total. The molecule has 0 aliphatic carbocycles. The number of aromatic nitrogens is 1. The van der Waals surface area contributed by atoms with Gasteiger partial charge in [0.25, 0.3) is 0 Å². The molecule has 5 rings (SSSR count). The zero-order valence-corrected chi connectivity index (χ0v) is 16.5. The van der Waals surface area contributed by atoms with E-state index in [4.69, 9.17) is 0 Å². The number of sulfonamides is 1. The first-order valence-corrected chi connectivity index (χ1v) is 11.6. The number of para-hydroxylation sites is 1. The lowest BCUT2D eigenvalue weighted by atomic mass is 10.0. The minimum Gasteiger partial charge on any atom is -0.368 e. The SMILES string of the molecule is O=S(=O)(c1ccc2ncsc2c1)N1CCC(N2CCc3ccccc32)CC1. The van der Waals surface area contributed by atoms with Crippen LogP contribution in [0.15, 0.2) is 52.9 Å². The van der Waals surface area contributed by atoms with Crippen LogP contribution in [0.4, 0.5) is 5.69 Å². The number of piperidine rings is 1. The van der Waals surface area contributed by atoms with Crippen LogP contribution in [-0.4, -0.2) is 43.4 Å². The molecule has 3 aromatic rings. The molecule has 1 fully saturated rings. The molecule has 140 valence electrons. The van der Waals surface area contributed by atoms with Gasteiger partial charge in [-0.2, -0.15) is 4.31 Å². The van der Waals surface area contributed by atoms with Crippen LogP contribution < -0.4 is 4.90 Å². The second-order valence-electron chi connectivity index (χ2n) is 7.19. The highest BCUT2D eigenvalue weighted by Gasteiger charge is 2.33. The van der Waals surface area contributed by atoms with Crippen molar-refractivity contribution in [3.63, 3.8) is 0 Å². The summed E-state index contributed by atoms with van der Waals surface area (Å²) in [4.78, 5) is 7.09. The number of hydrogen-bond acceptors (Lipinski definition) is 5. The smallest absolute Gasteiger partial charge is 0.243 e. The normalized spacial score (nSPS) is 18.9. The van der Waals surface area contributed by atoms with E-state index in [1.54, 1.807) is 28.0 Å². The van der Waals surface area contributed by atoms with Crippen LogP contribution >= 0.6 is 11.3 Å². The number of benzene rings is 2. The molecule has 7 heteroatoms. The van der Waals surface area contributed by atoms with Crippen molar-refractivity contribution in [3.8, 4) is 0 Å². The summed E-state index contributed by atoms with van der Waals surface area (Å²) in [5.74, 6) is 0. The predicted octanol–water partition coefficient (Wildman–Crippen LogP) is 3.51. The van der Waals surface area contributed by atoms with Gasteiger partial charge in [-0.15, -0.1) is 11.3 Å². The molecule has 0 N–H and O–H groups in total. The summed E-state index contributed by atoms with van der Waals surface area (Å²) in [5.41, 5.74) is 5.34. The van der Waals surface area contributed by atoms with E-state index in [-0.39, 0.29) is 0 Å². The third-order valence-corrected chi connectivity index (χ3v) is 8.41. The van der Waals surface area contributed by atoms with E-state index >= 15 is 0 Å². The molecule has 3 heterocycles. The molecule has 0 unspecified atom stereocenters. The Morgan fingerprint density at radius 2 is 1.85 bits per heavy atom. The molecule has 2 aromatic carbocycles. The monoisotopic (exact) mass is 399 g/mol. The number of fused-ring (bicyclic) bond motifs is 2. The fourth-order valence-electron chi connectivity index (χ4n) is 4.28. The van der Waals surface area contributed by atoms with Gasteiger partial charge in [-0.3, -0.25) is 0 Å². The fraction of sp³-hybridized carbons (Fsp3) is 0.350. The topological polar surface area (TPSA) is 53.5 Å². The van der Waals surface area contributed by atoms with E-state index < -0.39 is 10.0 Å². The van der Waals surface area contributed by atoms with Gasteiger partial charge >= 0.3 is 0 Å². The first-order valence-electron chi connectivity index (χ1n) is 9.31. The van der Waals surface area contributed by atoms with Crippen LogP contribution in [0.5, 0.6) is 0 Å². The maximum absolute atomic E-state index is 13.1. The number of rotatable bonds is 3. The summed E-state index contributed by atoms with van der Waals surface area (Å²) in [6, 6.07) is 14.2. The maximum Gasteiger partial charge on any atom is 0.243 e. The van der Waals surface area contributed by atoms with Crippen LogP contribution in [0.2, 0.25) is 0 Å². The van der Waals surface area contributed by atoms with Crippen molar-refractivity contribution in [1.29, 1.82) is 0 Å². The number of anilines is 1. The quantitative estimate of drug-likeness (QED) is 0.676. The van der Waals surface area contributed by atoms with Gasteiger partial charge in [-0.1, -0.05) is 18.2 Å². The molecule has 0 radical (unpaired) electrons. The average Bonchev–Trinajstić information content (AvgIpc) is 3.34. The molecular formula is C20H21N3O2S2. The summed E-state index contributed by atoms with van der Waals surface area (Å²) in [7, 11) is -3.45. The molecule has 0 bridgehead atoms. The van der Waals surface area contributed by atoms with Crippen LogP contribution in [0, 0.1) is 0 Å². The Morgan fingerprint density at radius 1 is 1.04 bits per heavy atom. The van der Waals surface area contributed by atoms with Crippen LogP contribution in [0.3, 0.4) is 0 Å². The van der Waals surface area contributed by atoms with E-state index in [9.17, 15) is 8.42 Å². The molecule has 0 amide bonds. The van der Waals surface area contributed by atoms with Crippen molar-refractivity contribution in [2.45, 2.75) is 30.2 Å². The summed E-state index contributed by atoms with van der Waals surface area (Å²) >= 11 is 1.47.